The van der Waals surface area contributed by atoms with Crippen molar-refractivity contribution in [3.63, 3.8) is 0 Å². The summed E-state index contributed by atoms with van der Waals surface area (Å²) in [4.78, 5) is 14.9. The lowest BCUT2D eigenvalue weighted by molar-refractivity contribution is 0.0984. The predicted octanol–water partition coefficient (Wildman–Crippen LogP) is 2.89. The first-order valence-electron chi connectivity index (χ1n) is 8.10. The summed E-state index contributed by atoms with van der Waals surface area (Å²) in [6.07, 6.45) is 1.75. The van der Waals surface area contributed by atoms with Gasteiger partial charge >= 0.3 is 0 Å². The molecule has 6 nitrogen and oxygen atoms in total. The van der Waals surface area contributed by atoms with Crippen LogP contribution in [0.2, 0.25) is 0 Å². The minimum absolute atomic E-state index is 0.120. The minimum atomic E-state index is -0.120. The fourth-order valence-electron chi connectivity index (χ4n) is 3.22. The Morgan fingerprint density at radius 2 is 1.76 bits per heavy atom. The maximum absolute atomic E-state index is 13.1. The molecule has 0 aromatic heterocycles. The standard InChI is InChI=1S/C19H22N2O4/c1-23-16-10-12(11-17(24-2)18(16)25-3)19(22)21-9-5-6-13-14(20)7-4-8-15(13)21/h4,7-8,10-11H,5-6,9,20H2,1-3H3. The number of nitrogens with zero attached hydrogens (tertiary/aromatic N) is 1. The summed E-state index contributed by atoms with van der Waals surface area (Å²) in [5, 5.41) is 0. The highest BCUT2D eigenvalue weighted by Gasteiger charge is 2.26. The summed E-state index contributed by atoms with van der Waals surface area (Å²) in [5.74, 6) is 1.25. The van der Waals surface area contributed by atoms with Crippen molar-refractivity contribution in [2.75, 3.05) is 38.5 Å². The van der Waals surface area contributed by atoms with Gasteiger partial charge in [-0.1, -0.05) is 6.07 Å². The number of carbonyl (C=O) groups is 1. The number of methoxy groups -OCH3 is 3. The molecule has 3 rings (SSSR count). The first-order valence-corrected chi connectivity index (χ1v) is 8.10. The second-order valence-corrected chi connectivity index (χ2v) is 5.82. The molecule has 0 atom stereocenters. The number of carbonyl (C=O) groups excluding carboxylic acids is 1. The van der Waals surface area contributed by atoms with E-state index in [9.17, 15) is 4.79 Å². The highest BCUT2D eigenvalue weighted by Crippen LogP contribution is 2.39. The molecular weight excluding hydrogens is 320 g/mol. The Bertz CT molecular complexity index is 779. The van der Waals surface area contributed by atoms with Gasteiger partial charge in [0, 0.05) is 23.5 Å². The third-order valence-corrected chi connectivity index (χ3v) is 4.44. The number of hydrogen-bond donors (Lipinski definition) is 1. The Morgan fingerprint density at radius 1 is 1.08 bits per heavy atom. The number of ether oxygens (including phenoxy) is 3. The van der Waals surface area contributed by atoms with E-state index in [1.54, 1.807) is 17.0 Å². The molecule has 0 saturated heterocycles. The van der Waals surface area contributed by atoms with Gasteiger partial charge in [0.15, 0.2) is 11.5 Å². The van der Waals surface area contributed by atoms with Crippen LogP contribution < -0.4 is 24.8 Å². The SMILES string of the molecule is COc1cc(C(=O)N2CCCc3c(N)cccc32)cc(OC)c1OC. The zero-order valence-corrected chi connectivity index (χ0v) is 14.7. The summed E-state index contributed by atoms with van der Waals surface area (Å²) in [7, 11) is 4.59. The molecule has 1 amide bonds. The van der Waals surface area contributed by atoms with Crippen molar-refractivity contribution in [2.24, 2.45) is 0 Å². The first kappa shape index (κ1) is 17.0. The summed E-state index contributed by atoms with van der Waals surface area (Å²) in [6, 6.07) is 9.01. The second-order valence-electron chi connectivity index (χ2n) is 5.82. The van der Waals surface area contributed by atoms with Crippen molar-refractivity contribution >= 4 is 17.3 Å². The van der Waals surface area contributed by atoms with E-state index in [-0.39, 0.29) is 5.91 Å². The van der Waals surface area contributed by atoms with Gasteiger partial charge in [0.2, 0.25) is 5.75 Å². The third-order valence-electron chi connectivity index (χ3n) is 4.44. The van der Waals surface area contributed by atoms with Gasteiger partial charge in [0.1, 0.15) is 0 Å². The maximum atomic E-state index is 13.1. The van der Waals surface area contributed by atoms with Gasteiger partial charge in [0.25, 0.3) is 5.91 Å². The molecule has 1 aliphatic heterocycles. The molecule has 0 fully saturated rings. The monoisotopic (exact) mass is 342 g/mol. The average molecular weight is 342 g/mol. The van der Waals surface area contributed by atoms with E-state index in [4.69, 9.17) is 19.9 Å². The van der Waals surface area contributed by atoms with Crippen molar-refractivity contribution in [2.45, 2.75) is 12.8 Å². The molecule has 25 heavy (non-hydrogen) atoms. The van der Waals surface area contributed by atoms with Gasteiger partial charge in [-0.05, 0) is 42.7 Å². The highest BCUT2D eigenvalue weighted by atomic mass is 16.5. The zero-order chi connectivity index (χ0) is 18.0. The molecular formula is C19H22N2O4. The number of nitrogen functional groups attached to an aromatic ring is 1. The van der Waals surface area contributed by atoms with Crippen LogP contribution in [0.3, 0.4) is 0 Å². The molecule has 0 spiro atoms. The van der Waals surface area contributed by atoms with Crippen molar-refractivity contribution in [1.82, 2.24) is 0 Å². The normalized spacial score (nSPS) is 13.2. The maximum Gasteiger partial charge on any atom is 0.258 e. The smallest absolute Gasteiger partial charge is 0.258 e. The Hall–Kier alpha value is -2.89. The molecule has 0 aliphatic carbocycles. The van der Waals surface area contributed by atoms with Crippen molar-refractivity contribution in [3.8, 4) is 17.2 Å². The molecule has 1 heterocycles. The number of amides is 1. The van der Waals surface area contributed by atoms with Gasteiger partial charge < -0.3 is 24.8 Å². The molecule has 1 aliphatic rings. The second kappa shape index (κ2) is 6.93. The summed E-state index contributed by atoms with van der Waals surface area (Å²) >= 11 is 0. The van der Waals surface area contributed by atoms with Crippen LogP contribution >= 0.6 is 0 Å². The van der Waals surface area contributed by atoms with Gasteiger partial charge in [0.05, 0.1) is 21.3 Å². The van der Waals surface area contributed by atoms with Crippen molar-refractivity contribution in [3.05, 3.63) is 41.5 Å². The van der Waals surface area contributed by atoms with Crippen LogP contribution in [0.1, 0.15) is 22.3 Å². The average Bonchev–Trinajstić information content (AvgIpc) is 2.66. The number of hydrogen-bond acceptors (Lipinski definition) is 5. The van der Waals surface area contributed by atoms with Crippen molar-refractivity contribution < 1.29 is 19.0 Å². The number of fused-ring (bicyclic) bond motifs is 1. The van der Waals surface area contributed by atoms with Gasteiger partial charge in [-0.3, -0.25) is 4.79 Å². The molecule has 132 valence electrons. The Morgan fingerprint density at radius 3 is 2.36 bits per heavy atom. The predicted molar refractivity (Wildman–Crippen MR) is 96.9 cm³/mol. The minimum Gasteiger partial charge on any atom is -0.493 e. The lowest BCUT2D eigenvalue weighted by Crippen LogP contribution is -2.35. The van der Waals surface area contributed by atoms with Crippen LogP contribution in [0, 0.1) is 0 Å². The fourth-order valence-corrected chi connectivity index (χ4v) is 3.22. The van der Waals surface area contributed by atoms with Gasteiger partial charge in [-0.15, -0.1) is 0 Å². The van der Waals surface area contributed by atoms with E-state index in [2.05, 4.69) is 0 Å². The number of nitrogens with two attached hydrogens (primary N) is 1. The van der Waals surface area contributed by atoms with E-state index in [0.717, 1.165) is 29.8 Å². The van der Waals surface area contributed by atoms with Gasteiger partial charge in [-0.25, -0.2) is 0 Å². The molecule has 2 aromatic rings. The third kappa shape index (κ3) is 2.95. The van der Waals surface area contributed by atoms with Gasteiger partial charge in [-0.2, -0.15) is 0 Å². The quantitative estimate of drug-likeness (QED) is 0.865. The lowest BCUT2D eigenvalue weighted by Gasteiger charge is -2.30. The molecule has 0 bridgehead atoms. The molecule has 2 N–H and O–H groups in total. The zero-order valence-electron chi connectivity index (χ0n) is 14.7. The molecule has 6 heteroatoms. The summed E-state index contributed by atoms with van der Waals surface area (Å²) < 4.78 is 16.0. The summed E-state index contributed by atoms with van der Waals surface area (Å²) in [5.41, 5.74) is 9.16. The molecule has 0 unspecified atom stereocenters. The molecule has 0 saturated carbocycles. The van der Waals surface area contributed by atoms with Crippen LogP contribution in [-0.2, 0) is 6.42 Å². The Balaban J connectivity index is 2.04. The molecule has 2 aromatic carbocycles. The van der Waals surface area contributed by atoms with E-state index in [1.165, 1.54) is 21.3 Å². The summed E-state index contributed by atoms with van der Waals surface area (Å²) in [6.45, 7) is 0.645. The number of rotatable bonds is 4. The topological polar surface area (TPSA) is 74.0 Å². The number of benzene rings is 2. The lowest BCUT2D eigenvalue weighted by atomic mass is 9.99. The number of anilines is 2. The fraction of sp³-hybridized carbons (Fsp3) is 0.316. The van der Waals surface area contributed by atoms with Crippen LogP contribution in [0.15, 0.2) is 30.3 Å². The van der Waals surface area contributed by atoms with Crippen LogP contribution in [0.5, 0.6) is 17.2 Å². The van der Waals surface area contributed by atoms with E-state index >= 15 is 0 Å². The van der Waals surface area contributed by atoms with E-state index in [1.807, 2.05) is 18.2 Å². The van der Waals surface area contributed by atoms with Crippen LogP contribution in [0.4, 0.5) is 11.4 Å². The Kier molecular flexibility index (Phi) is 4.70. The Labute approximate surface area is 147 Å². The first-order chi connectivity index (χ1) is 12.1. The van der Waals surface area contributed by atoms with Crippen LogP contribution in [-0.4, -0.2) is 33.8 Å². The largest absolute Gasteiger partial charge is 0.493 e. The van der Waals surface area contributed by atoms with Crippen molar-refractivity contribution in [1.29, 1.82) is 0 Å². The van der Waals surface area contributed by atoms with E-state index < -0.39 is 0 Å². The molecule has 0 radical (unpaired) electrons. The highest BCUT2D eigenvalue weighted by molar-refractivity contribution is 6.07. The van der Waals surface area contributed by atoms with E-state index in [0.29, 0.717) is 29.4 Å². The van der Waals surface area contributed by atoms with Crippen LogP contribution in [0.25, 0.3) is 0 Å².